The first-order valence-electron chi connectivity index (χ1n) is 20.2. The fourth-order valence-corrected chi connectivity index (χ4v) is 3.05. The van der Waals surface area contributed by atoms with E-state index in [9.17, 15) is 28.8 Å². The maximum atomic E-state index is 11.3. The van der Waals surface area contributed by atoms with E-state index in [1.165, 1.54) is 39.0 Å². The van der Waals surface area contributed by atoms with Crippen molar-refractivity contribution < 1.29 is 62.7 Å². The van der Waals surface area contributed by atoms with E-state index in [1.54, 1.807) is 26.8 Å². The molecule has 13 nitrogen and oxygen atoms in total. The third-order valence-electron chi connectivity index (χ3n) is 6.74. The van der Waals surface area contributed by atoms with E-state index >= 15 is 0 Å². The second-order valence-corrected chi connectivity index (χ2v) is 12.6. The van der Waals surface area contributed by atoms with Gasteiger partial charge in [-0.15, -0.1) is 0 Å². The summed E-state index contributed by atoms with van der Waals surface area (Å²) in [7, 11) is 1.33. The molecule has 1 rings (SSSR count). The molecule has 13 heteroatoms. The summed E-state index contributed by atoms with van der Waals surface area (Å²) in [6.45, 7) is 33.3. The van der Waals surface area contributed by atoms with E-state index in [2.05, 4.69) is 56.2 Å². The summed E-state index contributed by atoms with van der Waals surface area (Å²) in [5.74, 6) is -2.66. The maximum Gasteiger partial charge on any atom is 0.341 e. The summed E-state index contributed by atoms with van der Waals surface area (Å²) in [5, 5.41) is 16.8. The zero-order valence-electron chi connectivity index (χ0n) is 38.3. The number of methoxy groups -OCH3 is 1. The Bertz CT molecular complexity index is 1490. The first kappa shape index (κ1) is 64.2. The van der Waals surface area contributed by atoms with Crippen LogP contribution in [0.4, 0.5) is 0 Å². The molecule has 0 aromatic heterocycles. The molecule has 0 spiro atoms. The first-order valence-corrected chi connectivity index (χ1v) is 20.2. The monoisotopic (exact) mass is 859 g/mol. The quantitative estimate of drug-likeness (QED) is 0.0297. The molecule has 0 saturated heterocycles. The van der Waals surface area contributed by atoms with Gasteiger partial charge in [-0.2, -0.15) is 0 Å². The molecule has 0 radical (unpaired) electrons. The Morgan fingerprint density at radius 3 is 1.48 bits per heavy atom. The van der Waals surface area contributed by atoms with Crippen molar-refractivity contribution in [3.8, 4) is 0 Å². The molecule has 344 valence electrons. The molecular formula is C48H74O13. The predicted octanol–water partition coefficient (Wildman–Crippen LogP) is 10.6. The highest BCUT2D eigenvalue weighted by Crippen LogP contribution is 2.07. The zero-order chi connectivity index (χ0) is 48.0. The highest BCUT2D eigenvalue weighted by molar-refractivity contribution is 5.92. The Morgan fingerprint density at radius 1 is 0.623 bits per heavy atom. The van der Waals surface area contributed by atoms with Gasteiger partial charge in [0.25, 0.3) is 0 Å². The lowest BCUT2D eigenvalue weighted by Crippen LogP contribution is -2.07. The van der Waals surface area contributed by atoms with E-state index < -0.39 is 11.9 Å². The van der Waals surface area contributed by atoms with Crippen LogP contribution in [-0.2, 0) is 52.5 Å². The van der Waals surface area contributed by atoms with Crippen LogP contribution in [0.5, 0.6) is 0 Å². The Kier molecular flexibility index (Phi) is 49.1. The van der Waals surface area contributed by atoms with Gasteiger partial charge >= 0.3 is 35.8 Å². The second kappa shape index (κ2) is 46.7. The van der Waals surface area contributed by atoms with Crippen LogP contribution < -0.4 is 0 Å². The number of aliphatic carboxylic acids is 1. The molecule has 0 heterocycles. The van der Waals surface area contributed by atoms with Gasteiger partial charge in [-0.05, 0) is 65.0 Å². The van der Waals surface area contributed by atoms with Gasteiger partial charge in [0.05, 0.1) is 45.4 Å². The van der Waals surface area contributed by atoms with Crippen LogP contribution >= 0.6 is 0 Å². The van der Waals surface area contributed by atoms with Crippen molar-refractivity contribution >= 4 is 41.9 Å². The van der Waals surface area contributed by atoms with Gasteiger partial charge < -0.3 is 33.9 Å². The lowest BCUT2D eigenvalue weighted by atomic mass is 10.2. The van der Waals surface area contributed by atoms with Crippen LogP contribution in [0, 0.1) is 0 Å². The lowest BCUT2D eigenvalue weighted by Gasteiger charge is -2.04. The minimum Gasteiger partial charge on any atom is -0.515 e. The number of carboxylic acid groups (broad SMARTS) is 1. The number of carboxylic acids is 1. The molecule has 0 atom stereocenters. The number of esters is 5. The van der Waals surface area contributed by atoms with Crippen molar-refractivity contribution in [2.75, 3.05) is 33.5 Å². The van der Waals surface area contributed by atoms with E-state index in [0.29, 0.717) is 43.0 Å². The fraction of sp³-hybridized carbons (Fsp3) is 0.458. The van der Waals surface area contributed by atoms with Gasteiger partial charge in [0.2, 0.25) is 0 Å². The molecule has 0 bridgehead atoms. The van der Waals surface area contributed by atoms with E-state index in [0.717, 1.165) is 50.4 Å². The van der Waals surface area contributed by atoms with Gasteiger partial charge in [-0.3, -0.25) is 0 Å². The molecule has 0 saturated carbocycles. The molecule has 61 heavy (non-hydrogen) atoms. The van der Waals surface area contributed by atoms with Crippen molar-refractivity contribution in [1.29, 1.82) is 0 Å². The SMILES string of the molecule is C=C(C)C(=O)O.C=C(C)C(=O)OC.C=C(C)C(=O)OCCCC.C=C(CC)C(=O)OCCCCCC.C=CC(=O)OCCCC.CCOC(=O)C(C=Cc1ccccc1)=CO. The molecule has 0 amide bonds. The van der Waals surface area contributed by atoms with Crippen LogP contribution in [0.25, 0.3) is 6.08 Å². The molecule has 0 aliphatic heterocycles. The number of hydrogen-bond acceptors (Lipinski definition) is 12. The van der Waals surface area contributed by atoms with Crippen molar-refractivity contribution in [3.05, 3.63) is 115 Å². The van der Waals surface area contributed by atoms with E-state index in [-0.39, 0.29) is 41.6 Å². The van der Waals surface area contributed by atoms with Crippen molar-refractivity contribution in [2.24, 2.45) is 0 Å². The molecule has 0 aliphatic carbocycles. The van der Waals surface area contributed by atoms with Gasteiger partial charge in [0.15, 0.2) is 0 Å². The number of ether oxygens (including phenoxy) is 5. The van der Waals surface area contributed by atoms with Crippen LogP contribution in [0.3, 0.4) is 0 Å². The largest absolute Gasteiger partial charge is 0.515 e. The standard InChI is InChI=1S/C13H14O3.C11H20O2.C8H14O2.C7H12O2.C5H8O2.C4H6O2/c1-2-16-13(15)12(10-14)9-8-11-6-4-3-5-7-11;1-4-6-7-8-9-13-11(12)10(3)5-2;1-4-5-6-10-8(9)7(2)3;1-3-5-6-9-7(8)4-2;1-4(2)5(6)7-3;1-3(2)4(5)6/h3-10,14H,2H2,1H3;3-9H2,1-2H3;2,4-6H2,1,3H3;4H,2-3,5-6H2,1H3;1H2,2-3H3;1H2,2H3,(H,5,6). The number of aliphatic hydroxyl groups is 1. The zero-order valence-corrected chi connectivity index (χ0v) is 38.3. The summed E-state index contributed by atoms with van der Waals surface area (Å²) in [6, 6.07) is 9.50. The predicted molar refractivity (Wildman–Crippen MR) is 243 cm³/mol. The number of aliphatic hydroxyl groups excluding tert-OH is 1. The van der Waals surface area contributed by atoms with Crippen LogP contribution in [-0.4, -0.2) is 79.6 Å². The number of rotatable bonds is 21. The normalized spacial score (nSPS) is 9.49. The topological polar surface area (TPSA) is 189 Å². The molecule has 1 aromatic rings. The average molecular weight is 859 g/mol. The third kappa shape index (κ3) is 48.3. The van der Waals surface area contributed by atoms with E-state index in [1.807, 2.05) is 44.2 Å². The number of carbonyl (C=O) groups excluding carboxylic acids is 5. The number of unbranched alkanes of at least 4 members (excludes halogenated alkanes) is 5. The number of hydrogen-bond donors (Lipinski definition) is 2. The van der Waals surface area contributed by atoms with Crippen molar-refractivity contribution in [1.82, 2.24) is 0 Å². The minimum absolute atomic E-state index is 0.130. The molecule has 2 N–H and O–H groups in total. The number of carbonyl (C=O) groups is 6. The fourth-order valence-electron chi connectivity index (χ4n) is 3.05. The second-order valence-electron chi connectivity index (χ2n) is 12.6. The molecule has 0 aliphatic rings. The summed E-state index contributed by atoms with van der Waals surface area (Å²) in [5.41, 5.74) is 2.72. The van der Waals surface area contributed by atoms with Crippen molar-refractivity contribution in [2.45, 2.75) is 113 Å². The maximum absolute atomic E-state index is 11.3. The highest BCUT2D eigenvalue weighted by atomic mass is 16.5. The van der Waals surface area contributed by atoms with Crippen molar-refractivity contribution in [3.63, 3.8) is 0 Å². The summed E-state index contributed by atoms with van der Waals surface area (Å²) < 4.78 is 23.5. The smallest absolute Gasteiger partial charge is 0.341 e. The number of benzene rings is 1. The van der Waals surface area contributed by atoms with Gasteiger partial charge in [0, 0.05) is 28.4 Å². The Labute approximate surface area is 365 Å². The Hall–Kier alpha value is -5.98. The van der Waals surface area contributed by atoms with Crippen LogP contribution in [0.2, 0.25) is 0 Å². The molecule has 0 unspecified atom stereocenters. The summed E-state index contributed by atoms with van der Waals surface area (Å²) in [4.78, 5) is 63.2. The molecule has 0 fully saturated rings. The van der Waals surface area contributed by atoms with E-state index in [4.69, 9.17) is 24.4 Å². The molecular weight excluding hydrogens is 785 g/mol. The summed E-state index contributed by atoms with van der Waals surface area (Å²) >= 11 is 0. The van der Waals surface area contributed by atoms with Crippen LogP contribution in [0.1, 0.15) is 119 Å². The lowest BCUT2D eigenvalue weighted by molar-refractivity contribution is -0.140. The van der Waals surface area contributed by atoms with Gasteiger partial charge in [-0.1, -0.05) is 129 Å². The Morgan fingerprint density at radius 2 is 1.10 bits per heavy atom. The highest BCUT2D eigenvalue weighted by Gasteiger charge is 2.07. The van der Waals surface area contributed by atoms with Gasteiger partial charge in [0.1, 0.15) is 0 Å². The first-order chi connectivity index (χ1) is 28.8. The van der Waals surface area contributed by atoms with Crippen LogP contribution in [0.15, 0.2) is 110 Å². The molecule has 1 aromatic carbocycles. The van der Waals surface area contributed by atoms with Gasteiger partial charge in [-0.25, -0.2) is 28.8 Å². The Balaban J connectivity index is -0.000000212. The third-order valence-corrected chi connectivity index (χ3v) is 6.74. The summed E-state index contributed by atoms with van der Waals surface area (Å²) in [6.07, 6.45) is 14.3. The average Bonchev–Trinajstić information content (AvgIpc) is 3.24. The minimum atomic E-state index is -0.935.